The lowest BCUT2D eigenvalue weighted by Crippen LogP contribution is -2.50. The zero-order valence-electron chi connectivity index (χ0n) is 9.23. The number of β-amino-alcohol motifs (C(OH)–C–C–N with tert-alkyl or cyclic N) is 1. The number of nitrogens with zero attached hydrogens (tertiary/aromatic N) is 2. The maximum atomic E-state index is 11.7. The van der Waals surface area contributed by atoms with Crippen molar-refractivity contribution in [3.63, 3.8) is 0 Å². The summed E-state index contributed by atoms with van der Waals surface area (Å²) in [7, 11) is 1.78. The standard InChI is InChI=1S/C10H20N2O2/c1-4-11(3)10(14)12-6-5-8(2)9(13)7-12/h8-9,13H,4-7H2,1-3H3. The van der Waals surface area contributed by atoms with Gasteiger partial charge < -0.3 is 14.9 Å². The summed E-state index contributed by atoms with van der Waals surface area (Å²) in [5, 5.41) is 9.64. The Hall–Kier alpha value is -0.770. The molecule has 0 radical (unpaired) electrons. The topological polar surface area (TPSA) is 43.8 Å². The highest BCUT2D eigenvalue weighted by atomic mass is 16.3. The maximum Gasteiger partial charge on any atom is 0.319 e. The van der Waals surface area contributed by atoms with Gasteiger partial charge in [0.1, 0.15) is 0 Å². The molecule has 14 heavy (non-hydrogen) atoms. The monoisotopic (exact) mass is 200 g/mol. The van der Waals surface area contributed by atoms with E-state index >= 15 is 0 Å². The third kappa shape index (κ3) is 2.38. The van der Waals surface area contributed by atoms with Crippen molar-refractivity contribution >= 4 is 6.03 Å². The Morgan fingerprint density at radius 2 is 2.29 bits per heavy atom. The molecular weight excluding hydrogens is 180 g/mol. The molecule has 0 aliphatic carbocycles. The molecule has 0 bridgehead atoms. The van der Waals surface area contributed by atoms with Crippen molar-refractivity contribution in [2.75, 3.05) is 26.7 Å². The molecule has 0 saturated carbocycles. The van der Waals surface area contributed by atoms with Crippen LogP contribution in [0.4, 0.5) is 4.79 Å². The number of aliphatic hydroxyl groups is 1. The Morgan fingerprint density at radius 1 is 1.64 bits per heavy atom. The fourth-order valence-electron chi connectivity index (χ4n) is 1.60. The first-order valence-electron chi connectivity index (χ1n) is 5.24. The molecule has 0 aromatic rings. The summed E-state index contributed by atoms with van der Waals surface area (Å²) >= 11 is 0. The molecular formula is C10H20N2O2. The molecule has 0 aromatic heterocycles. The van der Waals surface area contributed by atoms with Crippen LogP contribution < -0.4 is 0 Å². The van der Waals surface area contributed by atoms with Crippen LogP contribution in [-0.2, 0) is 0 Å². The van der Waals surface area contributed by atoms with E-state index in [9.17, 15) is 9.90 Å². The number of rotatable bonds is 1. The highest BCUT2D eigenvalue weighted by Crippen LogP contribution is 2.17. The van der Waals surface area contributed by atoms with Gasteiger partial charge in [0, 0.05) is 26.7 Å². The molecule has 1 heterocycles. The summed E-state index contributed by atoms with van der Waals surface area (Å²) in [4.78, 5) is 15.1. The predicted octanol–water partition coefficient (Wildman–Crippen LogP) is 0.761. The minimum Gasteiger partial charge on any atom is -0.391 e. The molecule has 1 saturated heterocycles. The number of piperidine rings is 1. The van der Waals surface area contributed by atoms with Crippen LogP contribution in [0.15, 0.2) is 0 Å². The summed E-state index contributed by atoms with van der Waals surface area (Å²) in [5.74, 6) is 0.311. The fourth-order valence-corrected chi connectivity index (χ4v) is 1.60. The first-order chi connectivity index (χ1) is 6.56. The van der Waals surface area contributed by atoms with Crippen molar-refractivity contribution < 1.29 is 9.90 Å². The molecule has 0 spiro atoms. The number of carbonyl (C=O) groups is 1. The number of aliphatic hydroxyl groups excluding tert-OH is 1. The van der Waals surface area contributed by atoms with Gasteiger partial charge in [0.25, 0.3) is 0 Å². The highest BCUT2D eigenvalue weighted by Gasteiger charge is 2.28. The normalized spacial score (nSPS) is 27.6. The van der Waals surface area contributed by atoms with E-state index in [0.717, 1.165) is 13.0 Å². The van der Waals surface area contributed by atoms with Gasteiger partial charge in [-0.1, -0.05) is 6.92 Å². The first-order valence-corrected chi connectivity index (χ1v) is 5.24. The summed E-state index contributed by atoms with van der Waals surface area (Å²) < 4.78 is 0. The lowest BCUT2D eigenvalue weighted by atomic mass is 9.96. The molecule has 1 N–H and O–H groups in total. The Bertz CT molecular complexity index is 208. The second-order valence-electron chi connectivity index (χ2n) is 4.08. The molecule has 1 fully saturated rings. The molecule has 1 aliphatic heterocycles. The van der Waals surface area contributed by atoms with E-state index in [2.05, 4.69) is 0 Å². The fraction of sp³-hybridized carbons (Fsp3) is 0.900. The van der Waals surface area contributed by atoms with Crippen LogP contribution in [0.5, 0.6) is 0 Å². The Labute approximate surface area is 85.5 Å². The average Bonchev–Trinajstić information content (AvgIpc) is 2.20. The lowest BCUT2D eigenvalue weighted by molar-refractivity contribution is 0.0371. The van der Waals surface area contributed by atoms with Crippen molar-refractivity contribution in [2.24, 2.45) is 5.92 Å². The Kier molecular flexibility index (Phi) is 3.75. The molecule has 0 aromatic carbocycles. The zero-order chi connectivity index (χ0) is 10.7. The first kappa shape index (κ1) is 11.3. The number of amides is 2. The Balaban J connectivity index is 2.50. The number of urea groups is 1. The van der Waals surface area contributed by atoms with Crippen molar-refractivity contribution in [3.05, 3.63) is 0 Å². The van der Waals surface area contributed by atoms with Crippen LogP contribution in [0.3, 0.4) is 0 Å². The van der Waals surface area contributed by atoms with Crippen LogP contribution in [0.2, 0.25) is 0 Å². The van der Waals surface area contributed by atoms with Gasteiger partial charge in [-0.3, -0.25) is 0 Å². The van der Waals surface area contributed by atoms with Crippen LogP contribution in [0, 0.1) is 5.92 Å². The van der Waals surface area contributed by atoms with Gasteiger partial charge in [-0.15, -0.1) is 0 Å². The molecule has 2 atom stereocenters. The molecule has 4 nitrogen and oxygen atoms in total. The summed E-state index contributed by atoms with van der Waals surface area (Å²) in [5.41, 5.74) is 0. The van der Waals surface area contributed by atoms with Gasteiger partial charge in [0.05, 0.1) is 6.10 Å². The van der Waals surface area contributed by atoms with E-state index in [1.807, 2.05) is 13.8 Å². The van der Waals surface area contributed by atoms with Crippen molar-refractivity contribution in [3.8, 4) is 0 Å². The molecule has 1 rings (SSSR count). The molecule has 82 valence electrons. The van der Waals surface area contributed by atoms with E-state index < -0.39 is 0 Å². The van der Waals surface area contributed by atoms with Crippen molar-refractivity contribution in [1.82, 2.24) is 9.80 Å². The van der Waals surface area contributed by atoms with Crippen molar-refractivity contribution in [2.45, 2.75) is 26.4 Å². The predicted molar refractivity (Wildman–Crippen MR) is 55.1 cm³/mol. The van der Waals surface area contributed by atoms with E-state index in [0.29, 0.717) is 19.0 Å². The van der Waals surface area contributed by atoms with Gasteiger partial charge in [-0.25, -0.2) is 4.79 Å². The Morgan fingerprint density at radius 3 is 2.79 bits per heavy atom. The van der Waals surface area contributed by atoms with Crippen molar-refractivity contribution in [1.29, 1.82) is 0 Å². The SMILES string of the molecule is CCN(C)C(=O)N1CCC(C)C(O)C1. The maximum absolute atomic E-state index is 11.7. The van der Waals surface area contributed by atoms with Crippen LogP contribution in [-0.4, -0.2) is 53.7 Å². The minimum atomic E-state index is -0.363. The second-order valence-corrected chi connectivity index (χ2v) is 4.08. The number of hydrogen-bond donors (Lipinski definition) is 1. The average molecular weight is 200 g/mol. The third-order valence-electron chi connectivity index (χ3n) is 2.99. The molecule has 4 heteroatoms. The van der Waals surface area contributed by atoms with E-state index in [1.54, 1.807) is 16.8 Å². The number of carbonyl (C=O) groups excluding carboxylic acids is 1. The third-order valence-corrected chi connectivity index (χ3v) is 2.99. The van der Waals surface area contributed by atoms with Crippen LogP contribution in [0.25, 0.3) is 0 Å². The van der Waals surface area contributed by atoms with Crippen LogP contribution in [0.1, 0.15) is 20.3 Å². The van der Waals surface area contributed by atoms with Gasteiger partial charge in [0.2, 0.25) is 0 Å². The second kappa shape index (κ2) is 4.64. The summed E-state index contributed by atoms with van der Waals surface area (Å²) in [6, 6.07) is 0.0263. The highest BCUT2D eigenvalue weighted by molar-refractivity contribution is 5.74. The van der Waals surface area contributed by atoms with Gasteiger partial charge in [-0.05, 0) is 19.3 Å². The van der Waals surface area contributed by atoms with E-state index in [4.69, 9.17) is 0 Å². The van der Waals surface area contributed by atoms with Gasteiger partial charge in [0.15, 0.2) is 0 Å². The van der Waals surface area contributed by atoms with Crippen LogP contribution >= 0.6 is 0 Å². The van der Waals surface area contributed by atoms with E-state index in [1.165, 1.54) is 0 Å². The number of hydrogen-bond acceptors (Lipinski definition) is 2. The van der Waals surface area contributed by atoms with Gasteiger partial charge >= 0.3 is 6.03 Å². The van der Waals surface area contributed by atoms with Gasteiger partial charge in [-0.2, -0.15) is 0 Å². The molecule has 2 unspecified atom stereocenters. The summed E-state index contributed by atoms with van der Waals surface area (Å²) in [6.07, 6.45) is 0.530. The summed E-state index contributed by atoms with van der Waals surface area (Å²) in [6.45, 7) is 5.92. The molecule has 1 aliphatic rings. The quantitative estimate of drug-likeness (QED) is 0.679. The lowest BCUT2D eigenvalue weighted by Gasteiger charge is -2.36. The minimum absolute atomic E-state index is 0.0263. The number of likely N-dealkylation sites (tertiary alicyclic amines) is 1. The largest absolute Gasteiger partial charge is 0.391 e. The zero-order valence-corrected chi connectivity index (χ0v) is 9.23. The smallest absolute Gasteiger partial charge is 0.319 e. The van der Waals surface area contributed by atoms with E-state index in [-0.39, 0.29) is 12.1 Å². The molecule has 2 amide bonds.